The first kappa shape index (κ1) is 25.4. The number of anilines is 1. The van der Waals surface area contributed by atoms with E-state index in [1.165, 1.54) is 24.7 Å². The fourth-order valence-electron chi connectivity index (χ4n) is 4.87. The van der Waals surface area contributed by atoms with Gasteiger partial charge >= 0.3 is 0 Å². The molecule has 0 radical (unpaired) electrons. The Bertz CT molecular complexity index is 1490. The monoisotopic (exact) mass is 538 g/mol. The summed E-state index contributed by atoms with van der Waals surface area (Å²) in [5, 5.41) is 3.35. The Hall–Kier alpha value is -3.30. The van der Waals surface area contributed by atoms with E-state index in [4.69, 9.17) is 11.6 Å². The first-order chi connectivity index (χ1) is 17.5. The van der Waals surface area contributed by atoms with E-state index < -0.39 is 21.2 Å². The van der Waals surface area contributed by atoms with Gasteiger partial charge in [-0.05, 0) is 53.5 Å². The third kappa shape index (κ3) is 5.38. The summed E-state index contributed by atoms with van der Waals surface area (Å²) < 4.78 is 27.1. The topological polar surface area (TPSA) is 118 Å². The van der Waals surface area contributed by atoms with Crippen molar-refractivity contribution in [2.24, 2.45) is 5.41 Å². The molecule has 1 atom stereocenters. The van der Waals surface area contributed by atoms with Gasteiger partial charge in [0.25, 0.3) is 5.91 Å². The highest BCUT2D eigenvalue weighted by molar-refractivity contribution is 7.91. The van der Waals surface area contributed by atoms with Gasteiger partial charge in [-0.3, -0.25) is 14.6 Å². The molecule has 1 aliphatic heterocycles. The molecule has 1 saturated carbocycles. The summed E-state index contributed by atoms with van der Waals surface area (Å²) in [6.07, 6.45) is 6.37. The number of benzene rings is 2. The number of nitrogens with zero attached hydrogens (tertiary/aromatic N) is 2. The van der Waals surface area contributed by atoms with Crippen LogP contribution in [0.2, 0.25) is 5.02 Å². The number of ketones is 1. The lowest BCUT2D eigenvalue weighted by molar-refractivity contribution is 0.0975. The van der Waals surface area contributed by atoms with Crippen molar-refractivity contribution in [2.45, 2.75) is 50.8 Å². The number of carbonyl (C=O) groups excluding carboxylic acids is 2. The van der Waals surface area contributed by atoms with Crippen LogP contribution in [0.3, 0.4) is 0 Å². The number of nitrogens with one attached hydrogen (secondary N) is 2. The average Bonchev–Trinajstić information content (AvgIpc) is 3.69. The van der Waals surface area contributed by atoms with Crippen LogP contribution in [-0.4, -0.2) is 35.3 Å². The molecule has 5 rings (SSSR count). The molecule has 1 aliphatic carbocycles. The minimum Gasteiger partial charge on any atom is -0.377 e. The van der Waals surface area contributed by atoms with E-state index in [9.17, 15) is 18.0 Å². The predicted octanol–water partition coefficient (Wildman–Crippen LogP) is 4.51. The van der Waals surface area contributed by atoms with Crippen LogP contribution in [0.15, 0.2) is 55.0 Å². The molecule has 2 N–H and O–H groups in total. The molecule has 0 bridgehead atoms. The van der Waals surface area contributed by atoms with E-state index in [-0.39, 0.29) is 29.2 Å². The molecule has 37 heavy (non-hydrogen) atoms. The summed E-state index contributed by atoms with van der Waals surface area (Å²) >= 11 is 6.34. The number of fused-ring (bicyclic) bond motifs is 1. The van der Waals surface area contributed by atoms with Gasteiger partial charge in [-0.1, -0.05) is 49.7 Å². The Balaban J connectivity index is 1.45. The van der Waals surface area contributed by atoms with Gasteiger partial charge in [0.15, 0.2) is 5.78 Å². The van der Waals surface area contributed by atoms with Crippen LogP contribution in [0, 0.1) is 5.41 Å². The van der Waals surface area contributed by atoms with Crippen molar-refractivity contribution in [2.75, 3.05) is 5.32 Å². The summed E-state index contributed by atoms with van der Waals surface area (Å²) in [7, 11) is -3.71. The molecule has 2 aliphatic rings. The van der Waals surface area contributed by atoms with Crippen molar-refractivity contribution in [3.63, 3.8) is 0 Å². The van der Waals surface area contributed by atoms with Gasteiger partial charge in [0.05, 0.1) is 28.7 Å². The first-order valence-electron chi connectivity index (χ1n) is 12.1. The summed E-state index contributed by atoms with van der Waals surface area (Å²) in [5.74, 6) is -0.822. The third-order valence-electron chi connectivity index (χ3n) is 6.84. The number of Topliss-reactive ketones (excluding diaryl/α,β-unsaturated/α-hetero) is 1. The molecular weight excluding hydrogens is 512 g/mol. The molecule has 2 heterocycles. The van der Waals surface area contributed by atoms with E-state index in [1.807, 2.05) is 30.3 Å². The Labute approximate surface area is 220 Å². The second-order valence-corrected chi connectivity index (χ2v) is 12.7. The lowest BCUT2D eigenvalue weighted by atomic mass is 9.72. The van der Waals surface area contributed by atoms with E-state index in [1.54, 1.807) is 0 Å². The fourth-order valence-corrected chi connectivity index (χ4v) is 6.40. The second kappa shape index (κ2) is 9.54. The SMILES string of the molecule is CC1(C)Cc2cc(Cl)cc(C(=O)NS(=O)(=O)C3CC3)c2NC1c1cccc(CC(=O)c2cnccn2)c1. The van der Waals surface area contributed by atoms with E-state index in [2.05, 4.69) is 33.9 Å². The smallest absolute Gasteiger partial charge is 0.266 e. The van der Waals surface area contributed by atoms with Crippen molar-refractivity contribution in [3.8, 4) is 0 Å². The largest absolute Gasteiger partial charge is 0.377 e. The molecule has 2 aromatic carbocycles. The second-order valence-electron chi connectivity index (χ2n) is 10.3. The minimum atomic E-state index is -3.71. The zero-order valence-electron chi connectivity index (χ0n) is 20.5. The average molecular weight is 539 g/mol. The number of amides is 1. The predicted molar refractivity (Wildman–Crippen MR) is 141 cm³/mol. The maximum Gasteiger partial charge on any atom is 0.266 e. The number of sulfonamides is 1. The van der Waals surface area contributed by atoms with Crippen molar-refractivity contribution in [3.05, 3.63) is 88.0 Å². The van der Waals surface area contributed by atoms with Gasteiger partial charge in [0, 0.05) is 23.8 Å². The normalized spacial score (nSPS) is 18.4. The highest BCUT2D eigenvalue weighted by atomic mass is 35.5. The summed E-state index contributed by atoms with van der Waals surface area (Å²) in [6.45, 7) is 4.23. The quantitative estimate of drug-likeness (QED) is 0.425. The van der Waals surface area contributed by atoms with Crippen molar-refractivity contribution in [1.29, 1.82) is 0 Å². The first-order valence-corrected chi connectivity index (χ1v) is 14.0. The highest BCUT2D eigenvalue weighted by Gasteiger charge is 2.40. The summed E-state index contributed by atoms with van der Waals surface area (Å²) in [6, 6.07) is 10.8. The van der Waals surface area contributed by atoms with Crippen molar-refractivity contribution in [1.82, 2.24) is 14.7 Å². The van der Waals surface area contributed by atoms with Crippen LogP contribution in [0.1, 0.15) is 70.3 Å². The van der Waals surface area contributed by atoms with Gasteiger partial charge in [-0.2, -0.15) is 0 Å². The van der Waals surface area contributed by atoms with E-state index in [0.29, 0.717) is 35.7 Å². The van der Waals surface area contributed by atoms with Gasteiger partial charge < -0.3 is 5.32 Å². The maximum absolute atomic E-state index is 13.1. The fraction of sp³-hybridized carbons (Fsp3) is 0.333. The zero-order valence-corrected chi connectivity index (χ0v) is 22.1. The number of carbonyl (C=O) groups is 2. The van der Waals surface area contributed by atoms with Crippen LogP contribution in [0.25, 0.3) is 0 Å². The zero-order chi connectivity index (χ0) is 26.4. The Morgan fingerprint density at radius 3 is 2.65 bits per heavy atom. The van der Waals surface area contributed by atoms with Crippen molar-refractivity contribution < 1.29 is 18.0 Å². The molecule has 0 spiro atoms. The molecule has 1 aromatic heterocycles. The van der Waals surface area contributed by atoms with Gasteiger partial charge in [0.2, 0.25) is 10.0 Å². The third-order valence-corrected chi connectivity index (χ3v) is 8.88. The molecule has 1 unspecified atom stereocenters. The number of rotatable bonds is 7. The van der Waals surface area contributed by atoms with Gasteiger partial charge in [-0.15, -0.1) is 0 Å². The number of aromatic nitrogens is 2. The lowest BCUT2D eigenvalue weighted by Gasteiger charge is -2.42. The van der Waals surface area contributed by atoms with Crippen LogP contribution in [0.4, 0.5) is 5.69 Å². The molecular formula is C27H27ClN4O4S. The molecule has 192 valence electrons. The molecule has 1 fully saturated rings. The van der Waals surface area contributed by atoms with Gasteiger partial charge in [0.1, 0.15) is 5.69 Å². The Morgan fingerprint density at radius 1 is 1.16 bits per heavy atom. The maximum atomic E-state index is 13.1. The molecule has 3 aromatic rings. The van der Waals surface area contributed by atoms with E-state index >= 15 is 0 Å². The summed E-state index contributed by atoms with van der Waals surface area (Å²) in [4.78, 5) is 33.8. The molecule has 0 saturated heterocycles. The Morgan fingerprint density at radius 2 is 1.95 bits per heavy atom. The standard InChI is InChI=1S/C27H27ClN4O4S/c1-27(2)14-18-12-19(28)13-21(26(34)32-37(35,36)20-6-7-20)24(18)31-25(27)17-5-3-4-16(10-17)11-23(33)22-15-29-8-9-30-22/h3-5,8-10,12-13,15,20,25,31H,6-7,11,14H2,1-2H3,(H,32,34). The number of hydrogen-bond acceptors (Lipinski definition) is 7. The van der Waals surface area contributed by atoms with Crippen LogP contribution in [0.5, 0.6) is 0 Å². The lowest BCUT2D eigenvalue weighted by Crippen LogP contribution is -2.38. The van der Waals surface area contributed by atoms with E-state index in [0.717, 1.165) is 16.7 Å². The van der Waals surface area contributed by atoms with Crippen molar-refractivity contribution >= 4 is 39.0 Å². The van der Waals surface area contributed by atoms with Crippen LogP contribution < -0.4 is 10.0 Å². The molecule has 10 heteroatoms. The van der Waals surface area contributed by atoms with Crippen LogP contribution >= 0.6 is 11.6 Å². The summed E-state index contributed by atoms with van der Waals surface area (Å²) in [5.41, 5.74) is 3.43. The minimum absolute atomic E-state index is 0.128. The molecule has 1 amide bonds. The Kier molecular flexibility index (Phi) is 6.53. The number of halogens is 1. The molecule has 8 nitrogen and oxygen atoms in total. The van der Waals surface area contributed by atoms with Gasteiger partial charge in [-0.25, -0.2) is 18.1 Å². The highest BCUT2D eigenvalue weighted by Crippen LogP contribution is 2.47. The number of hydrogen-bond donors (Lipinski definition) is 2. The van der Waals surface area contributed by atoms with Crippen LogP contribution in [-0.2, 0) is 22.9 Å².